The zero-order chi connectivity index (χ0) is 15.4. The highest BCUT2D eigenvalue weighted by molar-refractivity contribution is 5.84. The summed E-state index contributed by atoms with van der Waals surface area (Å²) < 4.78 is 36.3. The van der Waals surface area contributed by atoms with E-state index in [4.69, 9.17) is 15.2 Å². The van der Waals surface area contributed by atoms with Crippen LogP contribution in [0.2, 0.25) is 0 Å². The lowest BCUT2D eigenvalue weighted by atomic mass is 10.3. The molecule has 1 heterocycles. The topological polar surface area (TPSA) is 62.3 Å². The van der Waals surface area contributed by atoms with Crippen molar-refractivity contribution in [3.8, 4) is 5.75 Å². The van der Waals surface area contributed by atoms with Gasteiger partial charge in [-0.2, -0.15) is 0 Å². The number of halogens is 2. The first-order chi connectivity index (χ1) is 9.99. The van der Waals surface area contributed by atoms with Crippen molar-refractivity contribution in [2.24, 2.45) is 0 Å². The number of aromatic nitrogens is 2. The molecule has 0 aliphatic rings. The quantitative estimate of drug-likeness (QED) is 0.798. The number of anilines is 1. The highest BCUT2D eigenvalue weighted by Gasteiger charge is 2.13. The van der Waals surface area contributed by atoms with E-state index in [0.717, 1.165) is 5.52 Å². The van der Waals surface area contributed by atoms with Crippen LogP contribution in [-0.4, -0.2) is 35.3 Å². The lowest BCUT2D eigenvalue weighted by Crippen LogP contribution is -2.12. The summed E-state index contributed by atoms with van der Waals surface area (Å²) in [6.45, 7) is 3.79. The van der Waals surface area contributed by atoms with Gasteiger partial charge < -0.3 is 19.8 Å². The Balaban J connectivity index is 2.18. The lowest BCUT2D eigenvalue weighted by molar-refractivity contribution is 0.0151. The van der Waals surface area contributed by atoms with Crippen molar-refractivity contribution >= 4 is 17.0 Å². The standard InChI is InChI=1S/C14H19F2N3O2/c1-9(2)21-11-5-3-4-10-13(11)18-14(17)19(10)6-7-20-8-12(15)16/h3-5,9,12H,6-8H2,1-2H3,(H2,17,18). The predicted molar refractivity (Wildman–Crippen MR) is 76.7 cm³/mol. The van der Waals surface area contributed by atoms with Crippen LogP contribution >= 0.6 is 0 Å². The summed E-state index contributed by atoms with van der Waals surface area (Å²) in [6, 6.07) is 5.53. The number of nitrogens with two attached hydrogens (primary N) is 1. The maximum absolute atomic E-state index is 12.0. The van der Waals surface area contributed by atoms with Crippen molar-refractivity contribution in [3.05, 3.63) is 18.2 Å². The second-order valence-electron chi connectivity index (χ2n) is 4.88. The van der Waals surface area contributed by atoms with Crippen LogP contribution < -0.4 is 10.5 Å². The van der Waals surface area contributed by atoms with E-state index in [2.05, 4.69) is 4.98 Å². The Morgan fingerprint density at radius 3 is 2.76 bits per heavy atom. The summed E-state index contributed by atoms with van der Waals surface area (Å²) >= 11 is 0. The van der Waals surface area contributed by atoms with Crippen LogP contribution in [0.1, 0.15) is 13.8 Å². The summed E-state index contributed by atoms with van der Waals surface area (Å²) in [5, 5.41) is 0. The number of ether oxygens (including phenoxy) is 2. The third-order valence-corrected chi connectivity index (χ3v) is 2.84. The molecule has 7 heteroatoms. The molecule has 1 aromatic heterocycles. The fourth-order valence-corrected chi connectivity index (χ4v) is 2.05. The molecule has 0 saturated carbocycles. The molecule has 0 unspecified atom stereocenters. The smallest absolute Gasteiger partial charge is 0.261 e. The SMILES string of the molecule is CC(C)Oc1cccc2c1nc(N)n2CCOCC(F)F. The molecule has 21 heavy (non-hydrogen) atoms. The van der Waals surface area contributed by atoms with Crippen molar-refractivity contribution in [3.63, 3.8) is 0 Å². The summed E-state index contributed by atoms with van der Waals surface area (Å²) in [5.74, 6) is 0.965. The number of alkyl halides is 2. The molecule has 2 N–H and O–H groups in total. The Bertz CT molecular complexity index is 599. The van der Waals surface area contributed by atoms with E-state index in [-0.39, 0.29) is 12.7 Å². The fourth-order valence-electron chi connectivity index (χ4n) is 2.05. The van der Waals surface area contributed by atoms with Gasteiger partial charge in [-0.25, -0.2) is 13.8 Å². The number of para-hydroxylation sites is 1. The van der Waals surface area contributed by atoms with Crippen LogP contribution in [0.4, 0.5) is 14.7 Å². The van der Waals surface area contributed by atoms with Gasteiger partial charge in [-0.05, 0) is 26.0 Å². The molecule has 2 rings (SSSR count). The van der Waals surface area contributed by atoms with Crippen molar-refractivity contribution < 1.29 is 18.3 Å². The number of nitrogen functional groups attached to an aromatic ring is 1. The molecular formula is C14H19F2N3O2. The molecule has 0 radical (unpaired) electrons. The number of hydrogen-bond acceptors (Lipinski definition) is 4. The molecular weight excluding hydrogens is 280 g/mol. The molecule has 0 aliphatic heterocycles. The summed E-state index contributed by atoms with van der Waals surface area (Å²) in [6.07, 6.45) is -2.44. The number of benzene rings is 1. The molecule has 0 bridgehead atoms. The first-order valence-corrected chi connectivity index (χ1v) is 6.76. The van der Waals surface area contributed by atoms with E-state index in [9.17, 15) is 8.78 Å². The van der Waals surface area contributed by atoms with Crippen molar-refractivity contribution in [2.75, 3.05) is 18.9 Å². The predicted octanol–water partition coefficient (Wildman–Crippen LogP) is 2.69. The largest absolute Gasteiger partial charge is 0.489 e. The minimum absolute atomic E-state index is 0.0244. The van der Waals surface area contributed by atoms with Gasteiger partial charge >= 0.3 is 0 Å². The van der Waals surface area contributed by atoms with Crippen molar-refractivity contribution in [2.45, 2.75) is 32.9 Å². The molecule has 0 spiro atoms. The van der Waals surface area contributed by atoms with Gasteiger partial charge in [0, 0.05) is 6.54 Å². The van der Waals surface area contributed by atoms with Crippen LogP contribution in [-0.2, 0) is 11.3 Å². The lowest BCUT2D eigenvalue weighted by Gasteiger charge is -2.10. The van der Waals surface area contributed by atoms with E-state index in [1.54, 1.807) is 4.57 Å². The highest BCUT2D eigenvalue weighted by atomic mass is 19.3. The van der Waals surface area contributed by atoms with Gasteiger partial charge in [0.1, 0.15) is 17.9 Å². The van der Waals surface area contributed by atoms with Crippen LogP contribution in [0.15, 0.2) is 18.2 Å². The van der Waals surface area contributed by atoms with Crippen LogP contribution in [0, 0.1) is 0 Å². The van der Waals surface area contributed by atoms with E-state index < -0.39 is 13.0 Å². The summed E-state index contributed by atoms with van der Waals surface area (Å²) in [7, 11) is 0. The number of rotatable bonds is 7. The van der Waals surface area contributed by atoms with E-state index >= 15 is 0 Å². The average Bonchev–Trinajstić information content (AvgIpc) is 2.71. The molecule has 2 aromatic rings. The Morgan fingerprint density at radius 2 is 2.10 bits per heavy atom. The highest BCUT2D eigenvalue weighted by Crippen LogP contribution is 2.27. The average molecular weight is 299 g/mol. The van der Waals surface area contributed by atoms with Crippen LogP contribution in [0.3, 0.4) is 0 Å². The van der Waals surface area contributed by atoms with Gasteiger partial charge in [-0.1, -0.05) is 6.07 Å². The normalized spacial score (nSPS) is 11.7. The molecule has 0 aliphatic carbocycles. The first-order valence-electron chi connectivity index (χ1n) is 6.76. The number of hydrogen-bond donors (Lipinski definition) is 1. The number of nitrogens with zero attached hydrogens (tertiary/aromatic N) is 2. The first kappa shape index (κ1) is 15.5. The van der Waals surface area contributed by atoms with E-state index in [1.165, 1.54) is 0 Å². The van der Waals surface area contributed by atoms with E-state index in [0.29, 0.717) is 23.8 Å². The Kier molecular flexibility index (Phi) is 4.95. The van der Waals surface area contributed by atoms with Gasteiger partial charge in [0.25, 0.3) is 6.43 Å². The molecule has 0 amide bonds. The van der Waals surface area contributed by atoms with Gasteiger partial charge in [0.2, 0.25) is 5.95 Å². The molecule has 0 saturated heterocycles. The molecule has 5 nitrogen and oxygen atoms in total. The Labute approximate surface area is 121 Å². The van der Waals surface area contributed by atoms with Gasteiger partial charge in [-0.3, -0.25) is 0 Å². The summed E-state index contributed by atoms with van der Waals surface area (Å²) in [5.41, 5.74) is 7.35. The minimum atomic E-state index is -2.46. The minimum Gasteiger partial charge on any atom is -0.489 e. The second-order valence-corrected chi connectivity index (χ2v) is 4.88. The van der Waals surface area contributed by atoms with Gasteiger partial charge in [-0.15, -0.1) is 0 Å². The van der Waals surface area contributed by atoms with E-state index in [1.807, 2.05) is 32.0 Å². The van der Waals surface area contributed by atoms with Crippen molar-refractivity contribution in [1.29, 1.82) is 0 Å². The zero-order valence-corrected chi connectivity index (χ0v) is 12.1. The maximum Gasteiger partial charge on any atom is 0.261 e. The third-order valence-electron chi connectivity index (χ3n) is 2.84. The van der Waals surface area contributed by atoms with Crippen molar-refractivity contribution in [1.82, 2.24) is 9.55 Å². The monoisotopic (exact) mass is 299 g/mol. The third kappa shape index (κ3) is 3.81. The molecule has 116 valence electrons. The number of imidazole rings is 1. The van der Waals surface area contributed by atoms with Gasteiger partial charge in [0.15, 0.2) is 0 Å². The maximum atomic E-state index is 12.0. The summed E-state index contributed by atoms with van der Waals surface area (Å²) in [4.78, 5) is 4.29. The zero-order valence-electron chi connectivity index (χ0n) is 12.1. The fraction of sp³-hybridized carbons (Fsp3) is 0.500. The number of fused-ring (bicyclic) bond motifs is 1. The van der Waals surface area contributed by atoms with Crippen LogP contribution in [0.5, 0.6) is 5.75 Å². The van der Waals surface area contributed by atoms with Crippen LogP contribution in [0.25, 0.3) is 11.0 Å². The Hall–Kier alpha value is -1.89. The molecule has 0 fully saturated rings. The second kappa shape index (κ2) is 6.71. The Morgan fingerprint density at radius 1 is 1.33 bits per heavy atom. The molecule has 1 aromatic carbocycles. The van der Waals surface area contributed by atoms with Gasteiger partial charge in [0.05, 0.1) is 18.2 Å². The molecule has 0 atom stereocenters.